The number of rotatable bonds is 7. The quantitative estimate of drug-likeness (QED) is 0.585. The Bertz CT molecular complexity index is 804. The molecular formula is C20H22N2O4S. The molecule has 0 aliphatic heterocycles. The monoisotopic (exact) mass is 386 g/mol. The summed E-state index contributed by atoms with van der Waals surface area (Å²) < 4.78 is 5.03. The predicted molar refractivity (Wildman–Crippen MR) is 106 cm³/mol. The van der Waals surface area contributed by atoms with Crippen LogP contribution in [0.1, 0.15) is 15.9 Å². The molecule has 0 aromatic heterocycles. The molecular weight excluding hydrogens is 364 g/mol. The fourth-order valence-corrected chi connectivity index (χ4v) is 2.60. The van der Waals surface area contributed by atoms with Crippen molar-refractivity contribution in [3.8, 4) is 0 Å². The summed E-state index contributed by atoms with van der Waals surface area (Å²) in [7, 11) is 1.48. The summed E-state index contributed by atoms with van der Waals surface area (Å²) in [5.41, 5.74) is 2.12. The van der Waals surface area contributed by atoms with E-state index in [1.807, 2.05) is 37.4 Å². The molecule has 0 fully saturated rings. The van der Waals surface area contributed by atoms with E-state index in [1.165, 1.54) is 11.9 Å². The molecule has 7 heteroatoms. The second-order valence-corrected chi connectivity index (χ2v) is 6.85. The van der Waals surface area contributed by atoms with Gasteiger partial charge in [0, 0.05) is 17.6 Å². The van der Waals surface area contributed by atoms with Crippen molar-refractivity contribution in [1.29, 1.82) is 0 Å². The zero-order chi connectivity index (χ0) is 19.8. The van der Waals surface area contributed by atoms with E-state index in [2.05, 4.69) is 5.32 Å². The maximum atomic E-state index is 12.1. The number of likely N-dealkylation sites (N-methyl/N-ethyl adjacent to an activating group) is 1. The summed E-state index contributed by atoms with van der Waals surface area (Å²) in [5.74, 6) is -1.36. The summed E-state index contributed by atoms with van der Waals surface area (Å²) in [6.45, 7) is 1.40. The molecule has 0 aliphatic rings. The van der Waals surface area contributed by atoms with Crippen molar-refractivity contribution in [3.05, 3.63) is 59.7 Å². The van der Waals surface area contributed by atoms with Gasteiger partial charge in [-0.25, -0.2) is 4.79 Å². The smallest absolute Gasteiger partial charge is 0.338 e. The predicted octanol–water partition coefficient (Wildman–Crippen LogP) is 2.97. The molecule has 0 bridgehead atoms. The fourth-order valence-electron chi connectivity index (χ4n) is 2.19. The molecule has 6 nitrogen and oxygen atoms in total. The molecule has 2 amide bonds. The lowest BCUT2D eigenvalue weighted by Gasteiger charge is -2.17. The van der Waals surface area contributed by atoms with Gasteiger partial charge >= 0.3 is 5.97 Å². The maximum absolute atomic E-state index is 12.1. The number of aryl methyl sites for hydroxylation is 1. The fraction of sp³-hybridized carbons (Fsp3) is 0.250. The number of thioether (sulfide) groups is 1. The maximum Gasteiger partial charge on any atom is 0.338 e. The molecule has 0 radical (unpaired) electrons. The number of hydrogen-bond donors (Lipinski definition) is 1. The van der Waals surface area contributed by atoms with Crippen molar-refractivity contribution in [2.45, 2.75) is 11.8 Å². The topological polar surface area (TPSA) is 75.7 Å². The van der Waals surface area contributed by atoms with Crippen LogP contribution in [0.5, 0.6) is 0 Å². The molecule has 0 aliphatic carbocycles. The Morgan fingerprint density at radius 3 is 2.26 bits per heavy atom. The largest absolute Gasteiger partial charge is 0.452 e. The van der Waals surface area contributed by atoms with Crippen molar-refractivity contribution in [2.24, 2.45) is 0 Å². The van der Waals surface area contributed by atoms with E-state index in [0.717, 1.165) is 10.5 Å². The third-order valence-corrected chi connectivity index (χ3v) is 4.54. The van der Waals surface area contributed by atoms with Crippen LogP contribution in [0.25, 0.3) is 0 Å². The van der Waals surface area contributed by atoms with E-state index in [9.17, 15) is 14.4 Å². The third kappa shape index (κ3) is 6.45. The number of nitrogens with zero attached hydrogens (tertiary/aromatic N) is 1. The van der Waals surface area contributed by atoms with Gasteiger partial charge < -0.3 is 15.0 Å². The first-order valence-corrected chi connectivity index (χ1v) is 9.53. The van der Waals surface area contributed by atoms with E-state index >= 15 is 0 Å². The molecule has 0 unspecified atom stereocenters. The minimum absolute atomic E-state index is 0.132. The molecule has 2 rings (SSSR count). The highest BCUT2D eigenvalue weighted by molar-refractivity contribution is 7.98. The molecule has 142 valence electrons. The van der Waals surface area contributed by atoms with Crippen LogP contribution in [-0.4, -0.2) is 49.1 Å². The van der Waals surface area contributed by atoms with Crippen LogP contribution in [0.15, 0.2) is 53.4 Å². The van der Waals surface area contributed by atoms with E-state index < -0.39 is 18.5 Å². The molecule has 27 heavy (non-hydrogen) atoms. The third-order valence-electron chi connectivity index (χ3n) is 3.79. The average molecular weight is 386 g/mol. The molecule has 0 atom stereocenters. The molecule has 0 saturated carbocycles. The minimum Gasteiger partial charge on any atom is -0.452 e. The van der Waals surface area contributed by atoms with Gasteiger partial charge in [0.25, 0.3) is 5.91 Å². The minimum atomic E-state index is -0.575. The molecule has 0 saturated heterocycles. The standard InChI is InChI=1S/C20H22N2O4S/c1-14-4-8-16(9-5-14)21-18(23)12-22(2)19(24)13-26-20(25)15-6-10-17(27-3)11-7-15/h4-11H,12-13H2,1-3H3,(H,21,23). The first-order valence-electron chi connectivity index (χ1n) is 8.30. The normalized spacial score (nSPS) is 10.2. The highest BCUT2D eigenvalue weighted by atomic mass is 32.2. The van der Waals surface area contributed by atoms with Gasteiger partial charge in [0.1, 0.15) is 0 Å². The van der Waals surface area contributed by atoms with Crippen LogP contribution in [0, 0.1) is 6.92 Å². The Morgan fingerprint density at radius 2 is 1.67 bits per heavy atom. The van der Waals surface area contributed by atoms with E-state index in [0.29, 0.717) is 11.3 Å². The summed E-state index contributed by atoms with van der Waals surface area (Å²) in [6, 6.07) is 14.3. The molecule has 0 spiro atoms. The Hall–Kier alpha value is -2.80. The first-order chi connectivity index (χ1) is 12.9. The Kier molecular flexibility index (Phi) is 7.43. The summed E-state index contributed by atoms with van der Waals surface area (Å²) >= 11 is 1.57. The lowest BCUT2D eigenvalue weighted by atomic mass is 10.2. The second-order valence-electron chi connectivity index (χ2n) is 5.97. The highest BCUT2D eigenvalue weighted by Crippen LogP contribution is 2.15. The van der Waals surface area contributed by atoms with E-state index in [-0.39, 0.29) is 12.5 Å². The number of anilines is 1. The van der Waals surface area contributed by atoms with Gasteiger partial charge in [0.15, 0.2) is 6.61 Å². The van der Waals surface area contributed by atoms with Crippen molar-refractivity contribution >= 4 is 35.2 Å². The van der Waals surface area contributed by atoms with Crippen LogP contribution in [0.2, 0.25) is 0 Å². The van der Waals surface area contributed by atoms with E-state index in [1.54, 1.807) is 36.0 Å². The summed E-state index contributed by atoms with van der Waals surface area (Å²) in [4.78, 5) is 38.3. The lowest BCUT2D eigenvalue weighted by Crippen LogP contribution is -2.37. The van der Waals surface area contributed by atoms with Gasteiger partial charge in [-0.3, -0.25) is 9.59 Å². The SMILES string of the molecule is CSc1ccc(C(=O)OCC(=O)N(C)CC(=O)Nc2ccc(C)cc2)cc1. The van der Waals surface area contributed by atoms with Crippen molar-refractivity contribution in [1.82, 2.24) is 4.90 Å². The number of carbonyl (C=O) groups excluding carboxylic acids is 3. The lowest BCUT2D eigenvalue weighted by molar-refractivity contribution is -0.136. The average Bonchev–Trinajstić information content (AvgIpc) is 2.67. The van der Waals surface area contributed by atoms with Gasteiger partial charge in [-0.05, 0) is 49.6 Å². The number of carbonyl (C=O) groups is 3. The summed E-state index contributed by atoms with van der Waals surface area (Å²) in [6.07, 6.45) is 1.94. The molecule has 2 aromatic rings. The van der Waals surface area contributed by atoms with Crippen LogP contribution < -0.4 is 5.32 Å². The number of benzene rings is 2. The number of nitrogens with one attached hydrogen (secondary N) is 1. The number of ether oxygens (including phenoxy) is 1. The summed E-state index contributed by atoms with van der Waals surface area (Å²) in [5, 5.41) is 2.71. The second kappa shape index (κ2) is 9.78. The first kappa shape index (κ1) is 20.5. The van der Waals surface area contributed by atoms with Gasteiger partial charge in [-0.2, -0.15) is 0 Å². The molecule has 1 N–H and O–H groups in total. The van der Waals surface area contributed by atoms with Crippen LogP contribution in [-0.2, 0) is 14.3 Å². The van der Waals surface area contributed by atoms with Gasteiger partial charge in [-0.1, -0.05) is 17.7 Å². The Morgan fingerprint density at radius 1 is 1.04 bits per heavy atom. The molecule has 0 heterocycles. The Labute approximate surface area is 162 Å². The van der Waals surface area contributed by atoms with Gasteiger partial charge in [0.2, 0.25) is 5.91 Å². The van der Waals surface area contributed by atoms with Crippen LogP contribution >= 0.6 is 11.8 Å². The van der Waals surface area contributed by atoms with Crippen LogP contribution in [0.4, 0.5) is 5.69 Å². The van der Waals surface area contributed by atoms with Crippen molar-refractivity contribution in [3.63, 3.8) is 0 Å². The van der Waals surface area contributed by atoms with Crippen molar-refractivity contribution in [2.75, 3.05) is 31.8 Å². The Balaban J connectivity index is 1.79. The zero-order valence-corrected chi connectivity index (χ0v) is 16.3. The highest BCUT2D eigenvalue weighted by Gasteiger charge is 2.16. The number of amides is 2. The molecule has 2 aromatic carbocycles. The van der Waals surface area contributed by atoms with E-state index in [4.69, 9.17) is 4.74 Å². The number of hydrogen-bond acceptors (Lipinski definition) is 5. The van der Waals surface area contributed by atoms with Gasteiger partial charge in [-0.15, -0.1) is 11.8 Å². The van der Waals surface area contributed by atoms with Crippen LogP contribution in [0.3, 0.4) is 0 Å². The van der Waals surface area contributed by atoms with Gasteiger partial charge in [0.05, 0.1) is 12.1 Å². The zero-order valence-electron chi connectivity index (χ0n) is 15.5. The van der Waals surface area contributed by atoms with Crippen molar-refractivity contribution < 1.29 is 19.1 Å². The number of esters is 1.